The van der Waals surface area contributed by atoms with Crippen LogP contribution in [0.2, 0.25) is 0 Å². The van der Waals surface area contributed by atoms with Crippen molar-refractivity contribution in [2.45, 2.75) is 0 Å². The van der Waals surface area contributed by atoms with Crippen molar-refractivity contribution in [2.75, 3.05) is 0 Å². The zero-order valence-corrected chi connectivity index (χ0v) is 12.6. The molecule has 0 saturated heterocycles. The van der Waals surface area contributed by atoms with Gasteiger partial charge in [-0.2, -0.15) is 0 Å². The molecule has 0 N–H and O–H groups in total. The van der Waals surface area contributed by atoms with E-state index in [1.165, 1.54) is 0 Å². The van der Waals surface area contributed by atoms with Gasteiger partial charge in [-0.05, 0) is 0 Å². The Balaban J connectivity index is 0. The average Bonchev–Trinajstić information content (AvgIpc) is 0. The Kier molecular flexibility index (Phi) is 154. The summed E-state index contributed by atoms with van der Waals surface area (Å²) in [5.74, 6) is 0. The Hall–Kier alpha value is 4.78. The Morgan fingerprint density at radius 3 is 1.00 bits per heavy atom. The van der Waals surface area contributed by atoms with Crippen LogP contribution in [0.15, 0.2) is 0 Å². The summed E-state index contributed by atoms with van der Waals surface area (Å²) in [7, 11) is 0. The van der Waals surface area contributed by atoms with Crippen LogP contribution in [0.5, 0.6) is 0 Å². The summed E-state index contributed by atoms with van der Waals surface area (Å²) in [4.78, 5) is 0. The molecule has 0 saturated carbocycles. The van der Waals surface area contributed by atoms with Crippen molar-refractivity contribution in [2.24, 2.45) is 0 Å². The second-order valence-electron chi connectivity index (χ2n) is 0. The molecular weight excluding hydrogens is 533 g/mol. The van der Waals surface area contributed by atoms with E-state index in [1.807, 2.05) is 0 Å². The second-order valence-corrected chi connectivity index (χ2v) is 0. The Morgan fingerprint density at radius 2 is 1.00 bits per heavy atom. The van der Waals surface area contributed by atoms with Gasteiger partial charge in [-0.1, -0.05) is 0 Å². The maximum absolute atomic E-state index is 0. The Bertz CT molecular complexity index is 11.6. The molecule has 0 nitrogen and oxygen atoms in total. The largest absolute Gasteiger partial charge is 0 e. The molecule has 5 radical (unpaired) electrons. The summed E-state index contributed by atoms with van der Waals surface area (Å²) in [5, 5.41) is 0. The minimum Gasteiger partial charge on any atom is 0 e. The van der Waals surface area contributed by atoms with Gasteiger partial charge in [-0.25, -0.2) is 0 Å². The third-order valence-electron chi connectivity index (χ3n) is 0. The Labute approximate surface area is 143 Å². The number of rotatable bonds is 0. The van der Waals surface area contributed by atoms with Crippen molar-refractivity contribution < 1.29 is 136 Å². The van der Waals surface area contributed by atoms with Crippen LogP contribution in [0.4, 0.5) is 0 Å². The summed E-state index contributed by atoms with van der Waals surface area (Å²) in [5.41, 5.74) is 0. The molecule has 0 spiro atoms. The van der Waals surface area contributed by atoms with E-state index in [-0.39, 0.29) is 147 Å². The molecule has 0 bridgehead atoms. The van der Waals surface area contributed by atoms with Crippen molar-refractivity contribution in [1.82, 2.24) is 0 Å². The van der Waals surface area contributed by atoms with Crippen LogP contribution in [-0.2, 0) is 58.9 Å². The minimum atomic E-state index is 0. The smallest absolute Gasteiger partial charge is 0 e. The maximum Gasteiger partial charge on any atom is 0 e. The van der Waals surface area contributed by atoms with Crippen LogP contribution >= 0.6 is 0 Å². The predicted octanol–water partition coefficient (Wildman–Crippen LogP) is -0.386. The molecule has 0 aliphatic rings. The average molecular weight is 533 g/mol. The van der Waals surface area contributed by atoms with Gasteiger partial charge < -0.3 is 0 Å². The van der Waals surface area contributed by atoms with Gasteiger partial charge in [-0.3, -0.25) is 0 Å². The van der Waals surface area contributed by atoms with Gasteiger partial charge in [0.25, 0.3) is 0 Å². The maximum atomic E-state index is 0. The first kappa shape index (κ1) is 33.0. The molecule has 0 atom stereocenters. The monoisotopic (exact) mass is 531 g/mol. The van der Waals surface area contributed by atoms with E-state index in [9.17, 15) is 0 Å². The normalized spacial score (nSPS) is 0. The van der Waals surface area contributed by atoms with Gasteiger partial charge in [-0.15, -0.1) is 0 Å². The fourth-order valence-corrected chi connectivity index (χ4v) is 0. The van der Waals surface area contributed by atoms with Crippen LogP contribution in [0.3, 0.4) is 0 Å². The molecule has 0 fully saturated rings. The molecule has 0 heterocycles. The zero-order chi connectivity index (χ0) is 0. The molecular formula is ErGdSiYZr. The standard InChI is InChI=1S/Er.Gd.Si.Y.Zr. The van der Waals surface area contributed by atoms with Gasteiger partial charge in [0.2, 0.25) is 0 Å². The molecule has 0 aliphatic carbocycles. The molecule has 31 valence electrons. The van der Waals surface area contributed by atoms with E-state index in [2.05, 4.69) is 0 Å². The van der Waals surface area contributed by atoms with Crippen LogP contribution in [-0.4, -0.2) is 11.0 Å². The van der Waals surface area contributed by atoms with Crippen LogP contribution < -0.4 is 0 Å². The summed E-state index contributed by atoms with van der Waals surface area (Å²) in [6.07, 6.45) is 0. The molecule has 0 aromatic rings. The second kappa shape index (κ2) is 23.3. The molecule has 5 heavy (non-hydrogen) atoms. The third kappa shape index (κ3) is 17.7. The predicted molar refractivity (Wildman–Crippen MR) is 5.75 cm³/mol. The fourth-order valence-electron chi connectivity index (χ4n) is 0. The van der Waals surface area contributed by atoms with Crippen LogP contribution in [0.1, 0.15) is 0 Å². The first-order valence-corrected chi connectivity index (χ1v) is 0. The molecule has 0 unspecified atom stereocenters. The van der Waals surface area contributed by atoms with E-state index in [1.54, 1.807) is 0 Å². The summed E-state index contributed by atoms with van der Waals surface area (Å²) < 4.78 is 0. The van der Waals surface area contributed by atoms with Crippen molar-refractivity contribution in [3.63, 3.8) is 0 Å². The molecule has 0 rings (SSSR count). The van der Waals surface area contributed by atoms with E-state index in [4.69, 9.17) is 0 Å². The topological polar surface area (TPSA) is 0 Å². The van der Waals surface area contributed by atoms with Crippen molar-refractivity contribution >= 4 is 11.0 Å². The number of hydrogen-bond donors (Lipinski definition) is 0. The third-order valence-corrected chi connectivity index (χ3v) is 0. The van der Waals surface area contributed by atoms with E-state index >= 15 is 0 Å². The summed E-state index contributed by atoms with van der Waals surface area (Å²) in [6.45, 7) is 0. The van der Waals surface area contributed by atoms with E-state index in [0.717, 1.165) is 0 Å². The zero-order valence-electron chi connectivity index (χ0n) is 2.22. The minimum absolute atomic E-state index is 0. The van der Waals surface area contributed by atoms with E-state index < -0.39 is 0 Å². The van der Waals surface area contributed by atoms with Gasteiger partial charge in [0.15, 0.2) is 0 Å². The summed E-state index contributed by atoms with van der Waals surface area (Å²) >= 11 is 0. The van der Waals surface area contributed by atoms with Gasteiger partial charge in [0.05, 0.1) is 0 Å². The molecule has 0 aromatic heterocycles. The van der Waals surface area contributed by atoms with Crippen LogP contribution in [0, 0.1) is 77.2 Å². The van der Waals surface area contributed by atoms with Crippen molar-refractivity contribution in [1.29, 1.82) is 0 Å². The first-order chi connectivity index (χ1) is 0. The Morgan fingerprint density at radius 1 is 1.00 bits per heavy atom. The molecule has 0 aromatic carbocycles. The quantitative estimate of drug-likeness (QED) is 0.373. The fraction of sp³-hybridized carbons (Fsp3) is 0. The molecule has 0 aliphatic heterocycles. The SMILES string of the molecule is [Er].[Gd].[Si].[Y].[Zr]. The number of hydrogen-bond acceptors (Lipinski definition) is 0. The van der Waals surface area contributed by atoms with Gasteiger partial charge in [0.1, 0.15) is 0 Å². The van der Waals surface area contributed by atoms with Crippen molar-refractivity contribution in [3.05, 3.63) is 0 Å². The molecule has 5 heteroatoms. The van der Waals surface area contributed by atoms with Crippen molar-refractivity contribution in [3.8, 4) is 0 Å². The van der Waals surface area contributed by atoms with E-state index in [0.29, 0.717) is 0 Å². The summed E-state index contributed by atoms with van der Waals surface area (Å²) in [6, 6.07) is 0. The van der Waals surface area contributed by atoms with Gasteiger partial charge >= 0.3 is 0 Å². The van der Waals surface area contributed by atoms with Crippen LogP contribution in [0.25, 0.3) is 0 Å². The van der Waals surface area contributed by atoms with Gasteiger partial charge in [0, 0.05) is 147 Å². The first-order valence-electron chi connectivity index (χ1n) is 0. The molecule has 0 amide bonds.